The zero-order valence-corrected chi connectivity index (χ0v) is 16.6. The fraction of sp³-hybridized carbons (Fsp3) is 0.167. The van der Waals surface area contributed by atoms with Crippen LogP contribution in [0.3, 0.4) is 0 Å². The van der Waals surface area contributed by atoms with Gasteiger partial charge in [0.2, 0.25) is 0 Å². The summed E-state index contributed by atoms with van der Waals surface area (Å²) in [6.45, 7) is 0.376. The van der Waals surface area contributed by atoms with Crippen molar-refractivity contribution in [2.45, 2.75) is 19.1 Å². The van der Waals surface area contributed by atoms with E-state index in [4.69, 9.17) is 9.47 Å². The second-order valence-corrected chi connectivity index (χ2v) is 7.02. The third kappa shape index (κ3) is 4.43. The van der Waals surface area contributed by atoms with Crippen molar-refractivity contribution >= 4 is 17.5 Å². The lowest BCUT2D eigenvalue weighted by atomic mass is 10.1. The molecule has 0 saturated heterocycles. The molecule has 0 radical (unpaired) electrons. The topological polar surface area (TPSA) is 76.7 Å². The van der Waals surface area contributed by atoms with Gasteiger partial charge in [-0.25, -0.2) is 0 Å². The Kier molecular flexibility index (Phi) is 5.66. The summed E-state index contributed by atoms with van der Waals surface area (Å²) in [5.74, 6) is 1.02. The van der Waals surface area contributed by atoms with E-state index in [1.54, 1.807) is 31.4 Å². The lowest BCUT2D eigenvalue weighted by Crippen LogP contribution is -2.31. The normalized spacial score (nSPS) is 14.4. The standard InChI is InChI=1S/C24H22N2O4/c1-29-20-10-4-6-16(12-20)15-25-23(27)18-8-5-9-19(13-18)26-24(28)22-14-17-7-2-3-11-21(17)30-22/h2-13,22H,14-15H2,1H3,(H,25,27)(H,26,28). The maximum atomic E-state index is 12.6. The Morgan fingerprint density at radius 3 is 2.70 bits per heavy atom. The maximum Gasteiger partial charge on any atom is 0.265 e. The molecule has 0 bridgehead atoms. The van der Waals surface area contributed by atoms with Crippen molar-refractivity contribution in [3.63, 3.8) is 0 Å². The molecule has 1 aliphatic heterocycles. The molecule has 6 heteroatoms. The number of fused-ring (bicyclic) bond motifs is 1. The molecule has 3 aromatic carbocycles. The van der Waals surface area contributed by atoms with E-state index in [0.29, 0.717) is 24.2 Å². The van der Waals surface area contributed by atoms with E-state index in [2.05, 4.69) is 10.6 Å². The van der Waals surface area contributed by atoms with Crippen molar-refractivity contribution in [3.05, 3.63) is 89.5 Å². The third-order valence-corrected chi connectivity index (χ3v) is 4.92. The van der Waals surface area contributed by atoms with Gasteiger partial charge in [-0.15, -0.1) is 0 Å². The van der Waals surface area contributed by atoms with Crippen LogP contribution in [0, 0.1) is 0 Å². The number of carbonyl (C=O) groups is 2. The summed E-state index contributed by atoms with van der Waals surface area (Å²) in [4.78, 5) is 25.1. The molecular weight excluding hydrogens is 380 g/mol. The van der Waals surface area contributed by atoms with Crippen LogP contribution >= 0.6 is 0 Å². The monoisotopic (exact) mass is 402 g/mol. The Morgan fingerprint density at radius 2 is 1.87 bits per heavy atom. The predicted molar refractivity (Wildman–Crippen MR) is 114 cm³/mol. The molecule has 4 rings (SSSR count). The van der Waals surface area contributed by atoms with Gasteiger partial charge in [-0.2, -0.15) is 0 Å². The Labute approximate surface area is 174 Å². The van der Waals surface area contributed by atoms with Crippen LogP contribution in [0.1, 0.15) is 21.5 Å². The Hall–Kier alpha value is -3.80. The lowest BCUT2D eigenvalue weighted by molar-refractivity contribution is -0.122. The van der Waals surface area contributed by atoms with Crippen LogP contribution in [0.5, 0.6) is 11.5 Å². The Bertz CT molecular complexity index is 1060. The van der Waals surface area contributed by atoms with Crippen molar-refractivity contribution in [1.29, 1.82) is 0 Å². The minimum Gasteiger partial charge on any atom is -0.497 e. The van der Waals surface area contributed by atoms with E-state index < -0.39 is 6.10 Å². The number of anilines is 1. The first-order valence-electron chi connectivity index (χ1n) is 9.69. The first-order chi connectivity index (χ1) is 14.6. The molecule has 0 spiro atoms. The van der Waals surface area contributed by atoms with Crippen LogP contribution in [0.2, 0.25) is 0 Å². The highest BCUT2D eigenvalue weighted by atomic mass is 16.5. The average molecular weight is 402 g/mol. The molecule has 1 aliphatic rings. The number of rotatable bonds is 6. The Balaban J connectivity index is 1.36. The quantitative estimate of drug-likeness (QED) is 0.661. The molecule has 0 fully saturated rings. The fourth-order valence-electron chi connectivity index (χ4n) is 3.36. The van der Waals surface area contributed by atoms with Crippen molar-refractivity contribution in [3.8, 4) is 11.5 Å². The van der Waals surface area contributed by atoms with E-state index in [1.165, 1.54) is 0 Å². The largest absolute Gasteiger partial charge is 0.497 e. The van der Waals surface area contributed by atoms with Crippen LogP contribution in [0.4, 0.5) is 5.69 Å². The second-order valence-electron chi connectivity index (χ2n) is 7.02. The lowest BCUT2D eigenvalue weighted by Gasteiger charge is -2.12. The van der Waals surface area contributed by atoms with Gasteiger partial charge in [0.15, 0.2) is 6.10 Å². The maximum absolute atomic E-state index is 12.6. The molecule has 1 heterocycles. The van der Waals surface area contributed by atoms with Gasteiger partial charge in [0, 0.05) is 24.2 Å². The summed E-state index contributed by atoms with van der Waals surface area (Å²) in [6.07, 6.45) is -0.0455. The van der Waals surface area contributed by atoms with E-state index in [1.807, 2.05) is 48.5 Å². The number of amides is 2. The summed E-state index contributed by atoms with van der Waals surface area (Å²) >= 11 is 0. The molecule has 1 unspecified atom stereocenters. The highest BCUT2D eigenvalue weighted by Crippen LogP contribution is 2.28. The number of carbonyl (C=O) groups excluding carboxylic acids is 2. The van der Waals surface area contributed by atoms with Gasteiger partial charge < -0.3 is 20.1 Å². The number of nitrogens with one attached hydrogen (secondary N) is 2. The molecule has 152 valence electrons. The zero-order valence-electron chi connectivity index (χ0n) is 16.6. The number of benzene rings is 3. The molecule has 3 aromatic rings. The second kappa shape index (κ2) is 8.69. The van der Waals surface area contributed by atoms with Gasteiger partial charge in [-0.05, 0) is 47.5 Å². The minimum atomic E-state index is -0.576. The molecule has 0 aromatic heterocycles. The molecule has 2 amide bonds. The van der Waals surface area contributed by atoms with Crippen molar-refractivity contribution in [1.82, 2.24) is 5.32 Å². The van der Waals surface area contributed by atoms with E-state index in [0.717, 1.165) is 22.6 Å². The van der Waals surface area contributed by atoms with Crippen molar-refractivity contribution in [2.75, 3.05) is 12.4 Å². The van der Waals surface area contributed by atoms with Crippen LogP contribution in [0.15, 0.2) is 72.8 Å². The Morgan fingerprint density at radius 1 is 1.03 bits per heavy atom. The van der Waals surface area contributed by atoms with E-state index in [9.17, 15) is 9.59 Å². The summed E-state index contributed by atoms with van der Waals surface area (Å²) in [5, 5.41) is 5.72. The van der Waals surface area contributed by atoms with Crippen LogP contribution in [-0.4, -0.2) is 25.0 Å². The molecule has 1 atom stereocenters. The van der Waals surface area contributed by atoms with Crippen molar-refractivity contribution < 1.29 is 19.1 Å². The minimum absolute atomic E-state index is 0.224. The summed E-state index contributed by atoms with van der Waals surface area (Å²) in [5.41, 5.74) is 2.97. The van der Waals surface area contributed by atoms with Crippen LogP contribution in [0.25, 0.3) is 0 Å². The van der Waals surface area contributed by atoms with Gasteiger partial charge in [-0.3, -0.25) is 9.59 Å². The van der Waals surface area contributed by atoms with E-state index in [-0.39, 0.29) is 11.8 Å². The molecule has 0 saturated carbocycles. The summed E-state index contributed by atoms with van der Waals surface area (Å²) in [7, 11) is 1.60. The zero-order chi connectivity index (χ0) is 20.9. The smallest absolute Gasteiger partial charge is 0.265 e. The molecule has 2 N–H and O–H groups in total. The van der Waals surface area contributed by atoms with Gasteiger partial charge in [0.05, 0.1) is 7.11 Å². The van der Waals surface area contributed by atoms with Gasteiger partial charge in [0.25, 0.3) is 11.8 Å². The van der Waals surface area contributed by atoms with Gasteiger partial charge in [0.1, 0.15) is 11.5 Å². The first kappa shape index (κ1) is 19.5. The summed E-state index contributed by atoms with van der Waals surface area (Å²) < 4.78 is 10.9. The highest BCUT2D eigenvalue weighted by Gasteiger charge is 2.28. The number of hydrogen-bond acceptors (Lipinski definition) is 4. The number of hydrogen-bond donors (Lipinski definition) is 2. The first-order valence-corrected chi connectivity index (χ1v) is 9.69. The third-order valence-electron chi connectivity index (χ3n) is 4.92. The van der Waals surface area contributed by atoms with E-state index >= 15 is 0 Å². The van der Waals surface area contributed by atoms with Gasteiger partial charge in [-0.1, -0.05) is 36.4 Å². The SMILES string of the molecule is COc1cccc(CNC(=O)c2cccc(NC(=O)C3Cc4ccccc4O3)c2)c1. The van der Waals surface area contributed by atoms with Gasteiger partial charge >= 0.3 is 0 Å². The number of para-hydroxylation sites is 1. The predicted octanol–water partition coefficient (Wildman–Crippen LogP) is 3.57. The van der Waals surface area contributed by atoms with Crippen LogP contribution in [-0.2, 0) is 17.8 Å². The fourth-order valence-corrected chi connectivity index (χ4v) is 3.36. The average Bonchev–Trinajstić information content (AvgIpc) is 3.22. The molecule has 0 aliphatic carbocycles. The molecule has 6 nitrogen and oxygen atoms in total. The molecular formula is C24H22N2O4. The van der Waals surface area contributed by atoms with Crippen molar-refractivity contribution in [2.24, 2.45) is 0 Å². The van der Waals surface area contributed by atoms with Crippen LogP contribution < -0.4 is 20.1 Å². The number of ether oxygens (including phenoxy) is 2. The highest BCUT2D eigenvalue weighted by molar-refractivity contribution is 5.98. The summed E-state index contributed by atoms with van der Waals surface area (Å²) in [6, 6.07) is 22.0. The number of methoxy groups -OCH3 is 1. The molecule has 30 heavy (non-hydrogen) atoms.